The van der Waals surface area contributed by atoms with E-state index in [2.05, 4.69) is 13.2 Å². The molecule has 0 saturated carbocycles. The monoisotopic (exact) mass is 180 g/mol. The zero-order valence-corrected chi connectivity index (χ0v) is 7.62. The first-order chi connectivity index (χ1) is 6.76. The maximum absolute atomic E-state index is 8.82. The highest BCUT2D eigenvalue weighted by molar-refractivity contribution is 5.67. The molecule has 0 fully saturated rings. The van der Waals surface area contributed by atoms with Gasteiger partial charge in [0, 0.05) is 0 Å². The predicted octanol–water partition coefficient (Wildman–Crippen LogP) is 2.72. The highest BCUT2D eigenvalue weighted by atomic mass is 14.3. The lowest BCUT2D eigenvalue weighted by molar-refractivity contribution is 1.43. The zero-order chi connectivity index (χ0) is 10.6. The molecule has 0 aromatic heterocycles. The van der Waals surface area contributed by atoms with Crippen molar-refractivity contribution in [2.45, 2.75) is 0 Å². The molecule has 0 bridgehead atoms. The predicted molar refractivity (Wildman–Crippen MR) is 56.1 cm³/mol. The van der Waals surface area contributed by atoms with E-state index in [0.29, 0.717) is 22.3 Å². The van der Waals surface area contributed by atoms with Crippen LogP contribution in [0, 0.1) is 22.7 Å². The lowest BCUT2D eigenvalue weighted by Crippen LogP contribution is -1.89. The van der Waals surface area contributed by atoms with Crippen molar-refractivity contribution in [3.63, 3.8) is 0 Å². The highest BCUT2D eigenvalue weighted by Crippen LogP contribution is 2.18. The van der Waals surface area contributed by atoms with Crippen molar-refractivity contribution in [1.82, 2.24) is 0 Å². The molecule has 1 aromatic rings. The van der Waals surface area contributed by atoms with Gasteiger partial charge in [0.1, 0.15) is 0 Å². The molecule has 0 heterocycles. The van der Waals surface area contributed by atoms with Crippen LogP contribution in [0.3, 0.4) is 0 Å². The second kappa shape index (κ2) is 4.07. The highest BCUT2D eigenvalue weighted by Gasteiger charge is 2.04. The van der Waals surface area contributed by atoms with Crippen molar-refractivity contribution in [3.05, 3.63) is 47.5 Å². The quantitative estimate of drug-likeness (QED) is 0.702. The van der Waals surface area contributed by atoms with Gasteiger partial charge in [-0.05, 0) is 23.3 Å². The minimum Gasteiger partial charge on any atom is -0.192 e. The van der Waals surface area contributed by atoms with E-state index in [9.17, 15) is 0 Å². The summed E-state index contributed by atoms with van der Waals surface area (Å²) in [7, 11) is 0. The van der Waals surface area contributed by atoms with Gasteiger partial charge in [0.25, 0.3) is 0 Å². The van der Waals surface area contributed by atoms with Gasteiger partial charge in [0.15, 0.2) is 0 Å². The van der Waals surface area contributed by atoms with E-state index in [1.165, 1.54) is 0 Å². The van der Waals surface area contributed by atoms with Crippen molar-refractivity contribution in [1.29, 1.82) is 10.5 Å². The smallest absolute Gasteiger partial charge is 0.0998 e. The molecule has 0 amide bonds. The van der Waals surface area contributed by atoms with Gasteiger partial charge in [0.05, 0.1) is 23.3 Å². The van der Waals surface area contributed by atoms with E-state index in [0.717, 1.165) is 0 Å². The van der Waals surface area contributed by atoms with E-state index in [4.69, 9.17) is 10.5 Å². The summed E-state index contributed by atoms with van der Waals surface area (Å²) < 4.78 is 0. The molecule has 2 nitrogen and oxygen atoms in total. The van der Waals surface area contributed by atoms with Crippen molar-refractivity contribution in [2.75, 3.05) is 0 Å². The number of hydrogen-bond donors (Lipinski definition) is 0. The van der Waals surface area contributed by atoms with Crippen molar-refractivity contribution in [2.24, 2.45) is 0 Å². The fourth-order valence-corrected chi connectivity index (χ4v) is 1.16. The fraction of sp³-hybridized carbons (Fsp3) is 0. The van der Waals surface area contributed by atoms with Crippen molar-refractivity contribution >= 4 is 12.2 Å². The third kappa shape index (κ3) is 1.55. The first-order valence-corrected chi connectivity index (χ1v) is 4.00. The molecule has 0 unspecified atom stereocenters. The van der Waals surface area contributed by atoms with Crippen LogP contribution < -0.4 is 0 Å². The van der Waals surface area contributed by atoms with Crippen molar-refractivity contribution < 1.29 is 0 Å². The molecule has 1 rings (SSSR count). The minimum absolute atomic E-state index is 0.508. The molecule has 0 atom stereocenters. The number of hydrogen-bond acceptors (Lipinski definition) is 2. The molecule has 2 heteroatoms. The van der Waals surface area contributed by atoms with Crippen LogP contribution in [-0.2, 0) is 0 Å². The summed E-state index contributed by atoms with van der Waals surface area (Å²) in [5.74, 6) is 0. The molecule has 14 heavy (non-hydrogen) atoms. The lowest BCUT2D eigenvalue weighted by Gasteiger charge is -2.02. The molecular formula is C12H8N2. The molecule has 0 aliphatic carbocycles. The maximum Gasteiger partial charge on any atom is 0.0998 e. The number of nitriles is 2. The standard InChI is InChI=1S/C12H8N2/c1-3-9-5-12(8-14)10(4-2)6-11(9)7-13/h3-6H,1-2H2. The molecule has 0 aliphatic heterocycles. The number of benzene rings is 1. The largest absolute Gasteiger partial charge is 0.192 e. The topological polar surface area (TPSA) is 47.6 Å². The Hall–Kier alpha value is -2.32. The van der Waals surface area contributed by atoms with Crippen LogP contribution in [0.25, 0.3) is 12.2 Å². The third-order valence-electron chi connectivity index (χ3n) is 1.90. The summed E-state index contributed by atoms with van der Waals surface area (Å²) in [4.78, 5) is 0. The van der Waals surface area contributed by atoms with Crippen LogP contribution in [0.2, 0.25) is 0 Å². The Labute approximate surface area is 83.0 Å². The van der Waals surface area contributed by atoms with E-state index >= 15 is 0 Å². The van der Waals surface area contributed by atoms with Gasteiger partial charge in [-0.25, -0.2) is 0 Å². The molecule has 0 spiro atoms. The summed E-state index contributed by atoms with van der Waals surface area (Å²) in [5, 5.41) is 17.6. The Morgan fingerprint density at radius 2 is 1.29 bits per heavy atom. The Morgan fingerprint density at radius 1 is 0.929 bits per heavy atom. The summed E-state index contributed by atoms with van der Waals surface area (Å²) in [6, 6.07) is 7.37. The van der Waals surface area contributed by atoms with Gasteiger partial charge < -0.3 is 0 Å². The van der Waals surface area contributed by atoms with E-state index in [1.54, 1.807) is 24.3 Å². The van der Waals surface area contributed by atoms with Gasteiger partial charge in [0.2, 0.25) is 0 Å². The first kappa shape index (κ1) is 9.77. The SMILES string of the molecule is C=Cc1cc(C#N)c(C=C)cc1C#N. The average molecular weight is 180 g/mol. The van der Waals surface area contributed by atoms with Crippen LogP contribution in [0.4, 0.5) is 0 Å². The summed E-state index contributed by atoms with van der Waals surface area (Å²) >= 11 is 0. The van der Waals surface area contributed by atoms with E-state index in [1.807, 2.05) is 12.1 Å². The van der Waals surface area contributed by atoms with E-state index in [-0.39, 0.29) is 0 Å². The average Bonchev–Trinajstić information content (AvgIpc) is 2.26. The molecule has 0 aliphatic rings. The Balaban J connectivity index is 3.54. The molecule has 0 saturated heterocycles. The second-order valence-electron chi connectivity index (χ2n) is 2.66. The molecule has 1 aromatic carbocycles. The van der Waals surface area contributed by atoms with Crippen LogP contribution in [-0.4, -0.2) is 0 Å². The van der Waals surface area contributed by atoms with E-state index < -0.39 is 0 Å². The molecule has 66 valence electrons. The van der Waals surface area contributed by atoms with Crippen LogP contribution in [0.15, 0.2) is 25.3 Å². The zero-order valence-electron chi connectivity index (χ0n) is 7.62. The summed E-state index contributed by atoms with van der Waals surface area (Å²) in [6.45, 7) is 7.17. The maximum atomic E-state index is 8.82. The van der Waals surface area contributed by atoms with Crippen LogP contribution >= 0.6 is 0 Å². The molecular weight excluding hydrogens is 172 g/mol. The van der Waals surface area contributed by atoms with Crippen LogP contribution in [0.1, 0.15) is 22.3 Å². The Bertz CT molecular complexity index is 425. The third-order valence-corrected chi connectivity index (χ3v) is 1.90. The van der Waals surface area contributed by atoms with Crippen molar-refractivity contribution in [3.8, 4) is 12.1 Å². The number of rotatable bonds is 2. The minimum atomic E-state index is 0.508. The van der Waals surface area contributed by atoms with Crippen LogP contribution in [0.5, 0.6) is 0 Å². The summed E-state index contributed by atoms with van der Waals surface area (Å²) in [6.07, 6.45) is 3.12. The number of nitrogens with zero attached hydrogens (tertiary/aromatic N) is 2. The second-order valence-corrected chi connectivity index (χ2v) is 2.66. The normalized spacial score (nSPS) is 8.43. The Kier molecular flexibility index (Phi) is 2.84. The Morgan fingerprint density at radius 3 is 1.50 bits per heavy atom. The molecule has 0 radical (unpaired) electrons. The van der Waals surface area contributed by atoms with Gasteiger partial charge in [-0.15, -0.1) is 0 Å². The lowest BCUT2D eigenvalue weighted by atomic mass is 9.99. The fourth-order valence-electron chi connectivity index (χ4n) is 1.16. The van der Waals surface area contributed by atoms with Gasteiger partial charge in [-0.1, -0.05) is 25.3 Å². The van der Waals surface area contributed by atoms with Gasteiger partial charge in [-0.3, -0.25) is 0 Å². The first-order valence-electron chi connectivity index (χ1n) is 4.00. The molecule has 0 N–H and O–H groups in total. The van der Waals surface area contributed by atoms with Gasteiger partial charge >= 0.3 is 0 Å². The van der Waals surface area contributed by atoms with Gasteiger partial charge in [-0.2, -0.15) is 10.5 Å². The summed E-state index contributed by atoms with van der Waals surface area (Å²) in [5.41, 5.74) is 2.37.